The van der Waals surface area contributed by atoms with Gasteiger partial charge in [-0.15, -0.1) is 0 Å². The first-order valence-corrected chi connectivity index (χ1v) is 5.93. The van der Waals surface area contributed by atoms with Gasteiger partial charge in [0.15, 0.2) is 0 Å². The Labute approximate surface area is 101 Å². The van der Waals surface area contributed by atoms with Crippen LogP contribution in [0.15, 0.2) is 18.3 Å². The molecule has 2 rings (SSSR count). The molecule has 4 nitrogen and oxygen atoms in total. The maximum absolute atomic E-state index is 11.7. The number of aryl methyl sites for hydroxylation is 2. The zero-order chi connectivity index (χ0) is 12.4. The minimum atomic E-state index is -0.0412. The van der Waals surface area contributed by atoms with E-state index in [1.807, 2.05) is 36.6 Å². The highest BCUT2D eigenvalue weighted by molar-refractivity contribution is 5.94. The lowest BCUT2D eigenvalue weighted by Gasteiger charge is -2.03. The molecule has 4 heteroatoms. The van der Waals surface area contributed by atoms with Crippen molar-refractivity contribution in [3.05, 3.63) is 35.3 Å². The summed E-state index contributed by atoms with van der Waals surface area (Å²) in [6.07, 6.45) is 2.76. The minimum Gasteiger partial charge on any atom is -0.352 e. The van der Waals surface area contributed by atoms with Crippen molar-refractivity contribution in [2.75, 3.05) is 6.54 Å². The second-order valence-electron chi connectivity index (χ2n) is 4.00. The SMILES string of the molecule is CCNC(=O)c1ccc2nc(CC)c(C)n2c1. The summed E-state index contributed by atoms with van der Waals surface area (Å²) < 4.78 is 1.98. The third-order valence-corrected chi connectivity index (χ3v) is 2.89. The summed E-state index contributed by atoms with van der Waals surface area (Å²) >= 11 is 0. The normalized spacial score (nSPS) is 10.8. The van der Waals surface area contributed by atoms with Gasteiger partial charge in [-0.05, 0) is 32.4 Å². The van der Waals surface area contributed by atoms with Crippen molar-refractivity contribution < 1.29 is 4.79 Å². The molecular formula is C13H17N3O. The van der Waals surface area contributed by atoms with E-state index < -0.39 is 0 Å². The number of hydrogen-bond acceptors (Lipinski definition) is 2. The highest BCUT2D eigenvalue weighted by atomic mass is 16.1. The van der Waals surface area contributed by atoms with Gasteiger partial charge in [-0.1, -0.05) is 6.92 Å². The van der Waals surface area contributed by atoms with Crippen LogP contribution in [0.25, 0.3) is 5.65 Å². The Morgan fingerprint density at radius 2 is 2.18 bits per heavy atom. The van der Waals surface area contributed by atoms with Gasteiger partial charge in [0.2, 0.25) is 0 Å². The number of amides is 1. The summed E-state index contributed by atoms with van der Waals surface area (Å²) in [6, 6.07) is 3.70. The average Bonchev–Trinajstić information content (AvgIpc) is 2.66. The highest BCUT2D eigenvalue weighted by Crippen LogP contribution is 2.13. The monoisotopic (exact) mass is 231 g/mol. The van der Waals surface area contributed by atoms with Crippen LogP contribution in [0, 0.1) is 6.92 Å². The van der Waals surface area contributed by atoms with Gasteiger partial charge in [0, 0.05) is 18.4 Å². The second kappa shape index (κ2) is 4.57. The van der Waals surface area contributed by atoms with Crippen molar-refractivity contribution in [2.45, 2.75) is 27.2 Å². The Balaban J connectivity index is 2.49. The predicted molar refractivity (Wildman–Crippen MR) is 67.3 cm³/mol. The molecular weight excluding hydrogens is 214 g/mol. The standard InChI is InChI=1S/C13H17N3O/c1-4-11-9(3)16-8-10(13(17)14-5-2)6-7-12(16)15-11/h6-8H,4-5H2,1-3H3,(H,14,17). The zero-order valence-corrected chi connectivity index (χ0v) is 10.4. The van der Waals surface area contributed by atoms with E-state index in [-0.39, 0.29) is 5.91 Å². The van der Waals surface area contributed by atoms with Crippen molar-refractivity contribution in [3.63, 3.8) is 0 Å². The number of aromatic nitrogens is 2. The number of carbonyl (C=O) groups is 1. The van der Waals surface area contributed by atoms with E-state index in [0.717, 1.165) is 23.5 Å². The molecule has 0 aromatic carbocycles. The van der Waals surface area contributed by atoms with Crippen LogP contribution in [0.2, 0.25) is 0 Å². The number of hydrogen-bond donors (Lipinski definition) is 1. The molecule has 0 aliphatic carbocycles. The summed E-state index contributed by atoms with van der Waals surface area (Å²) in [5, 5.41) is 2.79. The van der Waals surface area contributed by atoms with Crippen LogP contribution in [-0.2, 0) is 6.42 Å². The number of pyridine rings is 1. The topological polar surface area (TPSA) is 46.4 Å². The van der Waals surface area contributed by atoms with Gasteiger partial charge < -0.3 is 9.72 Å². The fourth-order valence-electron chi connectivity index (χ4n) is 1.94. The first-order valence-electron chi connectivity index (χ1n) is 5.93. The van der Waals surface area contributed by atoms with Crippen molar-refractivity contribution in [1.82, 2.24) is 14.7 Å². The van der Waals surface area contributed by atoms with E-state index in [4.69, 9.17) is 0 Å². The van der Waals surface area contributed by atoms with Gasteiger partial charge in [0.1, 0.15) is 5.65 Å². The van der Waals surface area contributed by atoms with Crippen molar-refractivity contribution in [1.29, 1.82) is 0 Å². The van der Waals surface area contributed by atoms with Gasteiger partial charge >= 0.3 is 0 Å². The smallest absolute Gasteiger partial charge is 0.252 e. The lowest BCUT2D eigenvalue weighted by Crippen LogP contribution is -2.22. The summed E-state index contributed by atoms with van der Waals surface area (Å²) in [5.74, 6) is -0.0412. The molecule has 0 saturated heterocycles. The fraction of sp³-hybridized carbons (Fsp3) is 0.385. The first-order chi connectivity index (χ1) is 8.17. The lowest BCUT2D eigenvalue weighted by atomic mass is 10.2. The number of nitrogens with one attached hydrogen (secondary N) is 1. The lowest BCUT2D eigenvalue weighted by molar-refractivity contribution is 0.0955. The fourth-order valence-corrected chi connectivity index (χ4v) is 1.94. The number of rotatable bonds is 3. The second-order valence-corrected chi connectivity index (χ2v) is 4.00. The largest absolute Gasteiger partial charge is 0.352 e. The van der Waals surface area contributed by atoms with Crippen LogP contribution in [-0.4, -0.2) is 21.8 Å². The molecule has 0 saturated carbocycles. The van der Waals surface area contributed by atoms with E-state index in [0.29, 0.717) is 12.1 Å². The third-order valence-electron chi connectivity index (χ3n) is 2.89. The van der Waals surface area contributed by atoms with E-state index in [9.17, 15) is 4.79 Å². The van der Waals surface area contributed by atoms with Crippen LogP contribution >= 0.6 is 0 Å². The Morgan fingerprint density at radius 3 is 2.82 bits per heavy atom. The maximum Gasteiger partial charge on any atom is 0.252 e. The summed E-state index contributed by atoms with van der Waals surface area (Å²) in [5.41, 5.74) is 3.75. The Kier molecular flexibility index (Phi) is 3.13. The molecule has 0 unspecified atom stereocenters. The highest BCUT2D eigenvalue weighted by Gasteiger charge is 2.09. The molecule has 2 aromatic heterocycles. The van der Waals surface area contributed by atoms with Crippen molar-refractivity contribution in [3.8, 4) is 0 Å². The quantitative estimate of drug-likeness (QED) is 0.877. The van der Waals surface area contributed by atoms with E-state index >= 15 is 0 Å². The molecule has 0 spiro atoms. The van der Waals surface area contributed by atoms with Gasteiger partial charge in [-0.25, -0.2) is 4.98 Å². The zero-order valence-electron chi connectivity index (χ0n) is 10.4. The third kappa shape index (κ3) is 2.02. The van der Waals surface area contributed by atoms with Crippen LogP contribution in [0.5, 0.6) is 0 Å². The summed E-state index contributed by atoms with van der Waals surface area (Å²) in [4.78, 5) is 16.2. The van der Waals surface area contributed by atoms with E-state index in [1.54, 1.807) is 0 Å². The van der Waals surface area contributed by atoms with E-state index in [1.165, 1.54) is 0 Å². The molecule has 0 aliphatic rings. The molecule has 0 bridgehead atoms. The number of fused-ring (bicyclic) bond motifs is 1. The maximum atomic E-state index is 11.7. The number of imidazole rings is 1. The molecule has 0 fully saturated rings. The Morgan fingerprint density at radius 1 is 1.41 bits per heavy atom. The molecule has 2 aromatic rings. The first kappa shape index (κ1) is 11.6. The molecule has 1 amide bonds. The Hall–Kier alpha value is -1.84. The predicted octanol–water partition coefficient (Wildman–Crippen LogP) is 1.95. The Bertz CT molecular complexity index is 557. The average molecular weight is 231 g/mol. The molecule has 0 atom stereocenters. The van der Waals surface area contributed by atoms with Crippen LogP contribution in [0.1, 0.15) is 35.6 Å². The summed E-state index contributed by atoms with van der Waals surface area (Å²) in [7, 11) is 0. The van der Waals surface area contributed by atoms with Gasteiger partial charge in [-0.2, -0.15) is 0 Å². The number of nitrogens with zero attached hydrogens (tertiary/aromatic N) is 2. The van der Waals surface area contributed by atoms with E-state index in [2.05, 4.69) is 17.2 Å². The molecule has 0 aliphatic heterocycles. The summed E-state index contributed by atoms with van der Waals surface area (Å²) in [6.45, 7) is 6.66. The molecule has 2 heterocycles. The van der Waals surface area contributed by atoms with Crippen LogP contribution in [0.4, 0.5) is 0 Å². The molecule has 90 valence electrons. The van der Waals surface area contributed by atoms with Gasteiger partial charge in [0.05, 0.1) is 11.3 Å². The van der Waals surface area contributed by atoms with Crippen LogP contribution in [0.3, 0.4) is 0 Å². The van der Waals surface area contributed by atoms with Gasteiger partial charge in [0.25, 0.3) is 5.91 Å². The van der Waals surface area contributed by atoms with Gasteiger partial charge in [-0.3, -0.25) is 4.79 Å². The molecule has 0 radical (unpaired) electrons. The minimum absolute atomic E-state index is 0.0412. The van der Waals surface area contributed by atoms with Crippen LogP contribution < -0.4 is 5.32 Å². The molecule has 1 N–H and O–H groups in total. The van der Waals surface area contributed by atoms with Crippen molar-refractivity contribution >= 4 is 11.6 Å². The number of carbonyl (C=O) groups excluding carboxylic acids is 1. The van der Waals surface area contributed by atoms with Crippen molar-refractivity contribution in [2.24, 2.45) is 0 Å². The molecule has 17 heavy (non-hydrogen) atoms.